The molecule has 0 saturated carbocycles. The minimum Gasteiger partial charge on any atom is -0.339 e. The van der Waals surface area contributed by atoms with Crippen LogP contribution in [0.1, 0.15) is 45.6 Å². The summed E-state index contributed by atoms with van der Waals surface area (Å²) in [6.07, 6.45) is 6.62. The van der Waals surface area contributed by atoms with Crippen molar-refractivity contribution >= 4 is 11.8 Å². The largest absolute Gasteiger partial charge is 0.339 e. The van der Waals surface area contributed by atoms with Gasteiger partial charge >= 0.3 is 0 Å². The first-order chi connectivity index (χ1) is 11.1. The summed E-state index contributed by atoms with van der Waals surface area (Å²) < 4.78 is 1.84. The molecular weight excluding hydrogens is 294 g/mol. The van der Waals surface area contributed by atoms with E-state index in [1.807, 2.05) is 23.4 Å². The lowest BCUT2D eigenvalue weighted by molar-refractivity contribution is -0.146. The number of carbonyl (C=O) groups excluding carboxylic acids is 2. The Bertz CT molecular complexity index is 557. The van der Waals surface area contributed by atoms with Gasteiger partial charge in [-0.1, -0.05) is 13.8 Å². The van der Waals surface area contributed by atoms with Crippen LogP contribution in [0.3, 0.4) is 0 Å². The van der Waals surface area contributed by atoms with Gasteiger partial charge in [-0.25, -0.2) is 9.67 Å². The van der Waals surface area contributed by atoms with Gasteiger partial charge in [0.25, 0.3) is 0 Å². The van der Waals surface area contributed by atoms with Crippen LogP contribution in [0.15, 0.2) is 12.7 Å². The van der Waals surface area contributed by atoms with E-state index in [4.69, 9.17) is 0 Å². The van der Waals surface area contributed by atoms with Crippen LogP contribution in [0.4, 0.5) is 0 Å². The minimum atomic E-state index is -0.334. The van der Waals surface area contributed by atoms with Gasteiger partial charge < -0.3 is 9.80 Å². The summed E-state index contributed by atoms with van der Waals surface area (Å²) in [7, 11) is 0. The molecule has 3 rings (SSSR count). The molecule has 126 valence electrons. The molecule has 1 aromatic heterocycles. The van der Waals surface area contributed by atoms with E-state index in [-0.39, 0.29) is 29.8 Å². The van der Waals surface area contributed by atoms with Gasteiger partial charge in [0.15, 0.2) is 0 Å². The van der Waals surface area contributed by atoms with Crippen LogP contribution in [-0.2, 0) is 9.59 Å². The van der Waals surface area contributed by atoms with Gasteiger partial charge in [0.1, 0.15) is 18.7 Å². The highest BCUT2D eigenvalue weighted by atomic mass is 16.2. The van der Waals surface area contributed by atoms with E-state index in [0.717, 1.165) is 25.8 Å². The zero-order valence-corrected chi connectivity index (χ0v) is 13.9. The molecule has 2 fully saturated rings. The first-order valence-electron chi connectivity index (χ1n) is 8.50. The van der Waals surface area contributed by atoms with E-state index in [2.05, 4.69) is 10.1 Å². The molecule has 2 aliphatic heterocycles. The van der Waals surface area contributed by atoms with Gasteiger partial charge in [-0.05, 0) is 25.2 Å². The van der Waals surface area contributed by atoms with Gasteiger partial charge in [-0.2, -0.15) is 5.10 Å². The molecule has 7 heteroatoms. The Morgan fingerprint density at radius 3 is 2.74 bits per heavy atom. The highest BCUT2D eigenvalue weighted by Gasteiger charge is 2.38. The molecule has 0 spiro atoms. The van der Waals surface area contributed by atoms with Gasteiger partial charge in [0, 0.05) is 26.1 Å². The Balaban J connectivity index is 1.73. The summed E-state index contributed by atoms with van der Waals surface area (Å²) >= 11 is 0. The normalized spacial score (nSPS) is 23.6. The van der Waals surface area contributed by atoms with E-state index < -0.39 is 0 Å². The van der Waals surface area contributed by atoms with E-state index in [9.17, 15) is 9.59 Å². The van der Waals surface area contributed by atoms with Crippen molar-refractivity contribution in [3.8, 4) is 0 Å². The predicted molar refractivity (Wildman–Crippen MR) is 84.4 cm³/mol. The molecule has 3 heterocycles. The van der Waals surface area contributed by atoms with Crippen LogP contribution in [-0.4, -0.2) is 62.1 Å². The minimum absolute atomic E-state index is 0.0834. The predicted octanol–water partition coefficient (Wildman–Crippen LogP) is 1.09. The Morgan fingerprint density at radius 2 is 2.13 bits per heavy atom. The first-order valence-corrected chi connectivity index (χ1v) is 8.50. The summed E-state index contributed by atoms with van der Waals surface area (Å²) in [6.45, 7) is 6.15. The summed E-state index contributed by atoms with van der Waals surface area (Å²) in [6, 6.07) is -0.156. The molecular formula is C16H25N5O2. The van der Waals surface area contributed by atoms with E-state index >= 15 is 0 Å². The summed E-state index contributed by atoms with van der Waals surface area (Å²) in [4.78, 5) is 32.9. The average molecular weight is 319 g/mol. The molecule has 0 bridgehead atoms. The van der Waals surface area contributed by atoms with Gasteiger partial charge in [-0.3, -0.25) is 9.59 Å². The second-order valence-corrected chi connectivity index (χ2v) is 6.84. The van der Waals surface area contributed by atoms with Gasteiger partial charge in [-0.15, -0.1) is 0 Å². The third kappa shape index (κ3) is 3.23. The number of hydrogen-bond donors (Lipinski definition) is 0. The van der Waals surface area contributed by atoms with Gasteiger partial charge in [0.05, 0.1) is 6.04 Å². The van der Waals surface area contributed by atoms with Crippen molar-refractivity contribution < 1.29 is 9.59 Å². The molecule has 0 aliphatic carbocycles. The van der Waals surface area contributed by atoms with Crippen molar-refractivity contribution in [2.75, 3.05) is 19.6 Å². The number of nitrogens with zero attached hydrogens (tertiary/aromatic N) is 5. The summed E-state index contributed by atoms with van der Waals surface area (Å²) in [5.41, 5.74) is 0. The number of amides is 2. The number of aromatic nitrogens is 3. The Hall–Kier alpha value is -1.92. The molecule has 0 radical (unpaired) electrons. The zero-order chi connectivity index (χ0) is 16.4. The lowest BCUT2D eigenvalue weighted by Crippen LogP contribution is -2.54. The van der Waals surface area contributed by atoms with E-state index in [1.165, 1.54) is 6.33 Å². The second-order valence-electron chi connectivity index (χ2n) is 6.84. The highest BCUT2D eigenvalue weighted by Crippen LogP contribution is 2.25. The maximum absolute atomic E-state index is 13.1. The van der Waals surface area contributed by atoms with Crippen LogP contribution in [0.25, 0.3) is 0 Å². The van der Waals surface area contributed by atoms with Crippen LogP contribution in [0.2, 0.25) is 0 Å². The number of piperidine rings is 1. The third-order valence-electron chi connectivity index (χ3n) is 4.85. The molecule has 2 amide bonds. The summed E-state index contributed by atoms with van der Waals surface area (Å²) in [5.74, 6) is 0.318. The molecule has 2 atom stereocenters. The monoisotopic (exact) mass is 319 g/mol. The maximum atomic E-state index is 13.1. The smallest absolute Gasteiger partial charge is 0.245 e. The van der Waals surface area contributed by atoms with Crippen LogP contribution < -0.4 is 0 Å². The fourth-order valence-corrected chi connectivity index (χ4v) is 3.71. The third-order valence-corrected chi connectivity index (χ3v) is 4.85. The van der Waals surface area contributed by atoms with Crippen molar-refractivity contribution in [3.63, 3.8) is 0 Å². The van der Waals surface area contributed by atoms with E-state index in [0.29, 0.717) is 19.5 Å². The zero-order valence-electron chi connectivity index (χ0n) is 13.9. The number of hydrogen-bond acceptors (Lipinski definition) is 4. The number of likely N-dealkylation sites (tertiary alicyclic amines) is 2. The maximum Gasteiger partial charge on any atom is 0.245 e. The van der Waals surface area contributed by atoms with Crippen LogP contribution in [0, 0.1) is 5.92 Å². The van der Waals surface area contributed by atoms with Crippen LogP contribution in [0.5, 0.6) is 0 Å². The summed E-state index contributed by atoms with van der Waals surface area (Å²) in [5, 5.41) is 4.21. The van der Waals surface area contributed by atoms with Crippen molar-refractivity contribution in [2.24, 2.45) is 5.92 Å². The molecule has 0 N–H and O–H groups in total. The lowest BCUT2D eigenvalue weighted by atomic mass is 9.98. The molecule has 2 saturated heterocycles. The molecule has 0 unspecified atom stereocenters. The highest BCUT2D eigenvalue weighted by molar-refractivity contribution is 5.89. The van der Waals surface area contributed by atoms with Crippen molar-refractivity contribution in [1.29, 1.82) is 0 Å². The SMILES string of the molecule is CC(C)[C@H](C(=O)N1CCC[C@H](n2cncn2)C1)N1CCCC1=O. The topological polar surface area (TPSA) is 71.3 Å². The fourth-order valence-electron chi connectivity index (χ4n) is 3.71. The van der Waals surface area contributed by atoms with E-state index in [1.54, 1.807) is 11.2 Å². The first kappa shape index (κ1) is 16.0. The quantitative estimate of drug-likeness (QED) is 0.833. The Morgan fingerprint density at radius 1 is 1.30 bits per heavy atom. The van der Waals surface area contributed by atoms with Crippen molar-refractivity contribution in [3.05, 3.63) is 12.7 Å². The lowest BCUT2D eigenvalue weighted by Gasteiger charge is -2.38. The number of rotatable bonds is 4. The molecule has 1 aromatic rings. The van der Waals surface area contributed by atoms with Crippen LogP contribution >= 0.6 is 0 Å². The van der Waals surface area contributed by atoms with Gasteiger partial charge in [0.2, 0.25) is 11.8 Å². The molecule has 2 aliphatic rings. The molecule has 23 heavy (non-hydrogen) atoms. The standard InChI is InChI=1S/C16H25N5O2/c1-12(2)15(20-8-4-6-14(20)22)16(23)19-7-3-5-13(9-19)21-11-17-10-18-21/h10-13,15H,3-9H2,1-2H3/t13-,15+/m0/s1. The average Bonchev–Trinajstić information content (AvgIpc) is 3.20. The second kappa shape index (κ2) is 6.68. The Labute approximate surface area is 136 Å². The van der Waals surface area contributed by atoms with Crippen molar-refractivity contribution in [2.45, 2.75) is 51.6 Å². The molecule has 0 aromatic carbocycles. The Kier molecular flexibility index (Phi) is 4.63. The van der Waals surface area contributed by atoms with Crippen molar-refractivity contribution in [1.82, 2.24) is 24.6 Å². The number of carbonyl (C=O) groups is 2. The fraction of sp³-hybridized carbons (Fsp3) is 0.750. The molecule has 7 nitrogen and oxygen atoms in total.